The Hall–Kier alpha value is -1.20. The van der Waals surface area contributed by atoms with E-state index in [1.54, 1.807) is 6.92 Å². The van der Waals surface area contributed by atoms with E-state index in [0.717, 1.165) is 0 Å². The summed E-state index contributed by atoms with van der Waals surface area (Å²) in [5.74, 6) is -5.17. The minimum absolute atomic E-state index is 0.0341. The number of allylic oxidation sites excluding steroid dienone is 2. The van der Waals surface area contributed by atoms with E-state index in [9.17, 15) is 23.2 Å². The average Bonchev–Trinajstić information content (AvgIpc) is 3.01. The van der Waals surface area contributed by atoms with Crippen molar-refractivity contribution >= 4 is 27.0 Å². The lowest BCUT2D eigenvalue weighted by molar-refractivity contribution is -0.144. The zero-order valence-electron chi connectivity index (χ0n) is 17.3. The number of hydrogen-bond acceptors (Lipinski definition) is 5. The maximum Gasteiger partial charge on any atom is 0.305 e. The second kappa shape index (κ2) is 13.2. The second-order valence-corrected chi connectivity index (χ2v) is 7.83. The number of rotatable bonds is 14. The summed E-state index contributed by atoms with van der Waals surface area (Å²) < 4.78 is 37.8. The Balaban J connectivity index is 2.59. The summed E-state index contributed by atoms with van der Waals surface area (Å²) >= 11 is 0. The predicted octanol–water partition coefficient (Wildman–Crippen LogP) is 4.83. The van der Waals surface area contributed by atoms with Crippen LogP contribution >= 0.6 is 9.47 Å². The van der Waals surface area contributed by atoms with Crippen LogP contribution < -0.4 is 0 Å². The summed E-state index contributed by atoms with van der Waals surface area (Å²) in [6, 6.07) is 0. The molecule has 1 fully saturated rings. The summed E-state index contributed by atoms with van der Waals surface area (Å²) in [5.41, 5.74) is 0. The molecule has 0 radical (unpaired) electrons. The summed E-state index contributed by atoms with van der Waals surface area (Å²) in [7, 11) is 3.49. The quantitative estimate of drug-likeness (QED) is 0.170. The monoisotopic (exact) mass is 434 g/mol. The van der Waals surface area contributed by atoms with Crippen LogP contribution in [0.1, 0.15) is 71.1 Å². The molecule has 1 rings (SSSR count). The Kier molecular flexibility index (Phi) is 11.7. The van der Waals surface area contributed by atoms with Gasteiger partial charge in [-0.05, 0) is 38.0 Å². The van der Waals surface area contributed by atoms with Crippen LogP contribution in [0.2, 0.25) is 0 Å². The van der Waals surface area contributed by atoms with E-state index in [4.69, 9.17) is 4.52 Å². The highest BCUT2D eigenvalue weighted by atomic mass is 31.0. The fourth-order valence-electron chi connectivity index (χ4n) is 3.69. The van der Waals surface area contributed by atoms with Gasteiger partial charge in [-0.15, -0.1) is 0 Å². The first-order chi connectivity index (χ1) is 13.8. The number of carbonyl (C=O) groups excluding carboxylic acids is 3. The van der Waals surface area contributed by atoms with Crippen molar-refractivity contribution in [1.29, 1.82) is 0 Å². The van der Waals surface area contributed by atoms with E-state index >= 15 is 0 Å². The molecule has 0 amide bonds. The molecule has 0 N–H and O–H groups in total. The molecule has 0 aliphatic heterocycles. The zero-order valence-corrected chi connectivity index (χ0v) is 18.5. The number of Topliss-reactive ketones (excluding diaryl/α,β-unsaturated/α-hetero) is 2. The van der Waals surface area contributed by atoms with Crippen molar-refractivity contribution < 1.29 is 32.4 Å². The van der Waals surface area contributed by atoms with Gasteiger partial charge in [0.05, 0.1) is 13.2 Å². The average molecular weight is 434 g/mol. The molecule has 1 aliphatic carbocycles. The van der Waals surface area contributed by atoms with Crippen LogP contribution in [-0.4, -0.2) is 36.7 Å². The van der Waals surface area contributed by atoms with E-state index in [2.05, 4.69) is 14.2 Å². The van der Waals surface area contributed by atoms with Gasteiger partial charge in [-0.2, -0.15) is 8.78 Å². The highest BCUT2D eigenvalue weighted by molar-refractivity contribution is 7.09. The molecule has 8 heteroatoms. The first kappa shape index (κ1) is 25.8. The van der Waals surface area contributed by atoms with E-state index in [0.29, 0.717) is 38.5 Å². The van der Waals surface area contributed by atoms with Crippen molar-refractivity contribution in [3.05, 3.63) is 12.2 Å². The van der Waals surface area contributed by atoms with Crippen molar-refractivity contribution in [3.8, 4) is 0 Å². The maximum absolute atomic E-state index is 13.9. The molecule has 0 aromatic rings. The minimum atomic E-state index is -3.30. The van der Waals surface area contributed by atoms with Crippen molar-refractivity contribution in [2.75, 3.05) is 7.11 Å². The van der Waals surface area contributed by atoms with Crippen LogP contribution in [0.3, 0.4) is 0 Å². The fraction of sp³-hybridized carbons (Fsp3) is 0.762. The van der Waals surface area contributed by atoms with Gasteiger partial charge in [0.25, 0.3) is 0 Å². The molecule has 166 valence electrons. The number of methoxy groups -OCH3 is 1. The highest BCUT2D eigenvalue weighted by Crippen LogP contribution is 2.39. The van der Waals surface area contributed by atoms with Crippen LogP contribution in [0.15, 0.2) is 12.2 Å². The molecule has 0 aromatic heterocycles. The number of hydrogen-bond donors (Lipinski definition) is 0. The number of ketones is 2. The van der Waals surface area contributed by atoms with Gasteiger partial charge in [-0.3, -0.25) is 14.4 Å². The van der Waals surface area contributed by atoms with Crippen molar-refractivity contribution in [3.63, 3.8) is 0 Å². The normalized spacial score (nSPS) is 22.4. The fourth-order valence-corrected chi connectivity index (χ4v) is 3.99. The molecular weight excluding hydrogens is 401 g/mol. The molecule has 3 unspecified atom stereocenters. The van der Waals surface area contributed by atoms with Gasteiger partial charge >= 0.3 is 11.9 Å². The molecule has 5 nitrogen and oxygen atoms in total. The summed E-state index contributed by atoms with van der Waals surface area (Å²) in [4.78, 5) is 35.4. The molecule has 0 bridgehead atoms. The first-order valence-corrected chi connectivity index (χ1v) is 10.7. The first-order valence-electron chi connectivity index (χ1n) is 10.3. The van der Waals surface area contributed by atoms with Gasteiger partial charge < -0.3 is 9.26 Å². The summed E-state index contributed by atoms with van der Waals surface area (Å²) in [5, 5.41) is 0. The standard InChI is InChI=1S/C21H33F2O5P/c1-3-4-13-21(22,23)19(25)12-11-16-15(17(24)14-18(16)28-29)9-7-5-6-8-10-20(26)27-2/h5,7,15-16,18H,3-4,6,8-14,29H2,1-2H3/t15?,16-,18?/m1/s1. The molecule has 0 spiro atoms. The Bertz CT molecular complexity index is 579. The second-order valence-electron chi connectivity index (χ2n) is 7.56. The number of halogens is 2. The van der Waals surface area contributed by atoms with Crippen molar-refractivity contribution in [2.24, 2.45) is 11.8 Å². The third kappa shape index (κ3) is 8.59. The van der Waals surface area contributed by atoms with Gasteiger partial charge in [0, 0.05) is 41.1 Å². The molecule has 0 saturated heterocycles. The Morgan fingerprint density at radius 1 is 1.24 bits per heavy atom. The van der Waals surface area contributed by atoms with Gasteiger partial charge in [-0.25, -0.2) is 0 Å². The number of unbranched alkanes of at least 4 members (excludes halogenated alkanes) is 2. The highest BCUT2D eigenvalue weighted by Gasteiger charge is 2.43. The number of alkyl halides is 2. The van der Waals surface area contributed by atoms with E-state index in [1.165, 1.54) is 7.11 Å². The topological polar surface area (TPSA) is 69.7 Å². The minimum Gasteiger partial charge on any atom is -0.469 e. The predicted molar refractivity (Wildman–Crippen MR) is 110 cm³/mol. The lowest BCUT2D eigenvalue weighted by Crippen LogP contribution is -2.30. The molecule has 1 saturated carbocycles. The zero-order chi connectivity index (χ0) is 21.9. The van der Waals surface area contributed by atoms with Crippen molar-refractivity contribution in [1.82, 2.24) is 0 Å². The summed E-state index contributed by atoms with van der Waals surface area (Å²) in [6.07, 6.45) is 6.27. The molecule has 0 heterocycles. The van der Waals surface area contributed by atoms with Crippen LogP contribution in [0.4, 0.5) is 8.78 Å². The molecule has 29 heavy (non-hydrogen) atoms. The summed E-state index contributed by atoms with van der Waals surface area (Å²) in [6.45, 7) is 1.80. The lowest BCUT2D eigenvalue weighted by Gasteiger charge is -2.23. The van der Waals surface area contributed by atoms with Crippen molar-refractivity contribution in [2.45, 2.75) is 83.2 Å². The smallest absolute Gasteiger partial charge is 0.305 e. The van der Waals surface area contributed by atoms with Crippen LogP contribution in [-0.2, 0) is 23.6 Å². The third-order valence-electron chi connectivity index (χ3n) is 5.48. The third-order valence-corrected chi connectivity index (χ3v) is 5.83. The maximum atomic E-state index is 13.9. The van der Waals surface area contributed by atoms with E-state index in [-0.39, 0.29) is 49.0 Å². The van der Waals surface area contributed by atoms with Gasteiger partial charge in [0.1, 0.15) is 5.78 Å². The Labute approximate surface area is 174 Å². The van der Waals surface area contributed by atoms with Gasteiger partial charge in [-0.1, -0.05) is 25.5 Å². The number of carbonyl (C=O) groups is 3. The number of esters is 1. The molecule has 4 atom stereocenters. The van der Waals surface area contributed by atoms with Crippen LogP contribution in [0.5, 0.6) is 0 Å². The van der Waals surface area contributed by atoms with E-state index < -0.39 is 18.1 Å². The lowest BCUT2D eigenvalue weighted by atomic mass is 9.86. The van der Waals surface area contributed by atoms with Gasteiger partial charge in [0.15, 0.2) is 0 Å². The largest absolute Gasteiger partial charge is 0.469 e. The van der Waals surface area contributed by atoms with Crippen LogP contribution in [0, 0.1) is 11.8 Å². The van der Waals surface area contributed by atoms with Crippen LogP contribution in [0.25, 0.3) is 0 Å². The number of ether oxygens (including phenoxy) is 1. The van der Waals surface area contributed by atoms with E-state index in [1.807, 2.05) is 12.2 Å². The SMILES string of the molecule is CCCCC(F)(F)C(=O)CC[C@H]1C(OP)CC(=O)C1CC=CCCCC(=O)OC. The molecule has 0 aromatic carbocycles. The molecular formula is C21H33F2O5P. The Morgan fingerprint density at radius 2 is 1.97 bits per heavy atom. The Morgan fingerprint density at radius 3 is 2.59 bits per heavy atom. The van der Waals surface area contributed by atoms with Gasteiger partial charge in [0.2, 0.25) is 5.78 Å². The molecule has 1 aliphatic rings.